The van der Waals surface area contributed by atoms with Crippen molar-refractivity contribution in [2.45, 2.75) is 92.4 Å². The van der Waals surface area contributed by atoms with Crippen LogP contribution < -0.4 is 10.6 Å². The molecule has 2 rings (SSSR count). The topological polar surface area (TPSA) is 60.7 Å². The molecule has 30 heavy (non-hydrogen) atoms. The molecule has 168 valence electrons. The van der Waals surface area contributed by atoms with Gasteiger partial charge in [-0.3, -0.25) is 0 Å². The Labute approximate surface area is 183 Å². The van der Waals surface area contributed by atoms with E-state index < -0.39 is 7.28 Å². The molecule has 0 aromatic heterocycles. The van der Waals surface area contributed by atoms with E-state index in [1.807, 2.05) is 100 Å². The quantitative estimate of drug-likeness (QED) is 0.555. The Morgan fingerprint density at radius 1 is 0.567 bits per heavy atom. The molecule has 0 bridgehead atoms. The Bertz CT molecular complexity index is 924. The van der Waals surface area contributed by atoms with Gasteiger partial charge in [-0.2, -0.15) is 0 Å². The van der Waals surface area contributed by atoms with E-state index in [1.54, 1.807) is 6.07 Å². The number of aryl methyl sites for hydroxylation is 2. The Morgan fingerprint density at radius 2 is 0.933 bits per heavy atom. The third-order valence-corrected chi connectivity index (χ3v) is 8.27. The zero-order valence-electron chi connectivity index (χ0n) is 20.7. The van der Waals surface area contributed by atoms with Crippen LogP contribution in [0, 0.1) is 13.8 Å². The van der Waals surface area contributed by atoms with Gasteiger partial charge in [-0.05, 0) is 0 Å². The fourth-order valence-electron chi connectivity index (χ4n) is 4.10. The number of benzene rings is 2. The molecule has 0 radical (unpaired) electrons. The summed E-state index contributed by atoms with van der Waals surface area (Å²) >= 11 is 0. The summed E-state index contributed by atoms with van der Waals surface area (Å²) in [6, 6.07) is 9.48. The second-order valence-corrected chi connectivity index (χ2v) is 14.8. The molecule has 0 saturated heterocycles. The van der Waals surface area contributed by atoms with Gasteiger partial charge in [-0.25, -0.2) is 0 Å². The van der Waals surface area contributed by atoms with Crippen molar-refractivity contribution in [2.75, 3.05) is 0 Å². The van der Waals surface area contributed by atoms with E-state index >= 15 is 0 Å². The van der Waals surface area contributed by atoms with Crippen molar-refractivity contribution in [2.24, 2.45) is 0 Å². The summed E-state index contributed by atoms with van der Waals surface area (Å²) in [4.78, 5) is 35.9. The van der Waals surface area contributed by atoms with E-state index in [4.69, 9.17) is 0 Å². The van der Waals surface area contributed by atoms with E-state index in [-0.39, 0.29) is 21.5 Å². The molecule has 3 nitrogen and oxygen atoms in total. The summed E-state index contributed by atoms with van der Waals surface area (Å²) in [6.45, 7) is 22.4. The first-order valence-corrected chi connectivity index (χ1v) is 12.8. The Morgan fingerprint density at radius 3 is 1.30 bits per heavy atom. The van der Waals surface area contributed by atoms with Crippen LogP contribution in [0.25, 0.3) is 0 Å². The SMILES string of the molecule is Cc1ccc(P(O)(O)(O)c2c(C(C)(C)C)cc(C)cc2C(C)(C)C)c(C(C)(C)C)c1. The van der Waals surface area contributed by atoms with Gasteiger partial charge in [-0.1, -0.05) is 0 Å². The van der Waals surface area contributed by atoms with E-state index in [0.29, 0.717) is 5.30 Å². The van der Waals surface area contributed by atoms with Crippen LogP contribution in [-0.2, 0) is 16.2 Å². The molecule has 0 atom stereocenters. The van der Waals surface area contributed by atoms with Crippen molar-refractivity contribution in [3.63, 3.8) is 0 Å². The maximum absolute atomic E-state index is 12.0. The molecule has 4 heteroatoms. The van der Waals surface area contributed by atoms with Crippen LogP contribution in [0.5, 0.6) is 0 Å². The van der Waals surface area contributed by atoms with Gasteiger partial charge >= 0.3 is 183 Å². The van der Waals surface area contributed by atoms with E-state index in [2.05, 4.69) is 0 Å². The normalized spacial score (nSPS) is 15.1. The maximum atomic E-state index is 12.0. The Balaban J connectivity index is 3.13. The fraction of sp³-hybridized carbons (Fsp3) is 0.538. The summed E-state index contributed by atoms with van der Waals surface area (Å²) in [5.74, 6) is 0. The van der Waals surface area contributed by atoms with Gasteiger partial charge in [0, 0.05) is 0 Å². The summed E-state index contributed by atoms with van der Waals surface area (Å²) in [6.07, 6.45) is 0. The second-order valence-electron chi connectivity index (χ2n) is 12.0. The second kappa shape index (κ2) is 7.14. The third-order valence-electron chi connectivity index (χ3n) is 5.69. The molecule has 0 amide bonds. The molecule has 0 saturated carbocycles. The van der Waals surface area contributed by atoms with Crippen LogP contribution in [0.2, 0.25) is 0 Å². The average Bonchev–Trinajstić information content (AvgIpc) is 2.50. The molecule has 0 fully saturated rings. The van der Waals surface area contributed by atoms with Gasteiger partial charge in [0.1, 0.15) is 0 Å². The molecule has 0 unspecified atom stereocenters. The molecule has 0 aliphatic rings. The predicted octanol–water partition coefficient (Wildman–Crippen LogP) is 5.42. The molecule has 0 heterocycles. The van der Waals surface area contributed by atoms with Crippen molar-refractivity contribution >= 4 is 17.9 Å². The standard InChI is InChI=1S/C26H41O3P/c1-17-12-13-22(19(14-17)24(3,4)5)30(27,28,29)23-20(25(6,7)8)15-18(2)16-21(23)26(9,10)11/h12-16,27-29H,1-11H3. The van der Waals surface area contributed by atoms with Gasteiger partial charge in [-0.15, -0.1) is 0 Å². The van der Waals surface area contributed by atoms with Gasteiger partial charge < -0.3 is 0 Å². The summed E-state index contributed by atoms with van der Waals surface area (Å²) in [5.41, 5.74) is 3.24. The van der Waals surface area contributed by atoms with Gasteiger partial charge in [0.15, 0.2) is 0 Å². The molecular formula is C26H41O3P. The van der Waals surface area contributed by atoms with Gasteiger partial charge in [0.2, 0.25) is 0 Å². The number of hydrogen-bond acceptors (Lipinski definition) is 3. The molecule has 2 aromatic rings. The summed E-state index contributed by atoms with van der Waals surface area (Å²) in [7, 11) is -5.47. The van der Waals surface area contributed by atoms with E-state index in [1.165, 1.54) is 0 Å². The van der Waals surface area contributed by atoms with Gasteiger partial charge in [0.25, 0.3) is 0 Å². The molecule has 2 aromatic carbocycles. The van der Waals surface area contributed by atoms with E-state index in [0.717, 1.165) is 27.8 Å². The minimum absolute atomic E-state index is 0.235. The van der Waals surface area contributed by atoms with Crippen LogP contribution >= 0.6 is 7.28 Å². The Kier molecular flexibility index (Phi) is 5.95. The molecule has 0 aliphatic heterocycles. The van der Waals surface area contributed by atoms with Crippen molar-refractivity contribution in [1.82, 2.24) is 0 Å². The Hall–Kier alpha value is -1.25. The van der Waals surface area contributed by atoms with Crippen molar-refractivity contribution in [1.29, 1.82) is 0 Å². The molecule has 3 N–H and O–H groups in total. The number of hydrogen-bond donors (Lipinski definition) is 3. The van der Waals surface area contributed by atoms with Crippen LogP contribution in [-0.4, -0.2) is 14.7 Å². The van der Waals surface area contributed by atoms with E-state index in [9.17, 15) is 14.7 Å². The summed E-state index contributed by atoms with van der Waals surface area (Å²) in [5, 5.41) is 0.528. The predicted molar refractivity (Wildman–Crippen MR) is 131 cm³/mol. The van der Waals surface area contributed by atoms with Crippen LogP contribution in [0.1, 0.15) is 90.1 Å². The first kappa shape index (κ1) is 25.0. The zero-order chi connectivity index (χ0) is 23.5. The minimum atomic E-state index is -5.47. The summed E-state index contributed by atoms with van der Waals surface area (Å²) < 4.78 is 0. The van der Waals surface area contributed by atoms with Crippen LogP contribution in [0.4, 0.5) is 0 Å². The fourth-order valence-corrected chi connectivity index (χ4v) is 7.22. The third kappa shape index (κ3) is 4.65. The number of rotatable bonds is 2. The monoisotopic (exact) mass is 432 g/mol. The van der Waals surface area contributed by atoms with Gasteiger partial charge in [0.05, 0.1) is 0 Å². The van der Waals surface area contributed by atoms with Crippen LogP contribution in [0.15, 0.2) is 30.3 Å². The van der Waals surface area contributed by atoms with Crippen molar-refractivity contribution in [3.8, 4) is 0 Å². The zero-order valence-corrected chi connectivity index (χ0v) is 21.6. The molecular weight excluding hydrogens is 391 g/mol. The van der Waals surface area contributed by atoms with Crippen LogP contribution in [0.3, 0.4) is 0 Å². The van der Waals surface area contributed by atoms with Crippen molar-refractivity contribution < 1.29 is 14.7 Å². The first-order valence-electron chi connectivity index (χ1n) is 10.7. The average molecular weight is 433 g/mol. The first-order chi connectivity index (χ1) is 13.1. The molecule has 0 spiro atoms. The van der Waals surface area contributed by atoms with Crippen molar-refractivity contribution in [3.05, 3.63) is 58.1 Å². The molecule has 0 aliphatic carbocycles.